The number of likely N-dealkylation sites (N-methyl/N-ethyl adjacent to an activating group) is 1. The van der Waals surface area contributed by atoms with E-state index < -0.39 is 0 Å². The van der Waals surface area contributed by atoms with Crippen LogP contribution in [0.1, 0.15) is 33.6 Å². The van der Waals surface area contributed by atoms with E-state index in [1.54, 1.807) is 0 Å². The maximum absolute atomic E-state index is 5.62. The third-order valence-electron chi connectivity index (χ3n) is 2.63. The van der Waals surface area contributed by atoms with E-state index in [9.17, 15) is 0 Å². The first-order valence-corrected chi connectivity index (χ1v) is 6.04. The maximum atomic E-state index is 5.62. The zero-order valence-corrected chi connectivity index (χ0v) is 10.7. The van der Waals surface area contributed by atoms with E-state index in [0.717, 1.165) is 32.3 Å². The van der Waals surface area contributed by atoms with Crippen LogP contribution in [0, 0.1) is 0 Å². The summed E-state index contributed by atoms with van der Waals surface area (Å²) in [6.45, 7) is 10.3. The average Bonchev–Trinajstić information content (AvgIpc) is 2.91. The molecule has 0 aromatic rings. The van der Waals surface area contributed by atoms with Crippen LogP contribution in [0.5, 0.6) is 0 Å². The van der Waals surface area contributed by atoms with Gasteiger partial charge < -0.3 is 15.0 Å². The van der Waals surface area contributed by atoms with Gasteiger partial charge in [0.1, 0.15) is 0 Å². The van der Waals surface area contributed by atoms with E-state index in [1.165, 1.54) is 12.8 Å². The molecule has 15 heavy (non-hydrogen) atoms. The summed E-state index contributed by atoms with van der Waals surface area (Å²) in [6, 6.07) is 0.873. The highest BCUT2D eigenvalue weighted by Crippen LogP contribution is 2.24. The summed E-state index contributed by atoms with van der Waals surface area (Å²) in [5.74, 6) is 0. The molecule has 1 aliphatic rings. The van der Waals surface area contributed by atoms with Crippen molar-refractivity contribution in [1.29, 1.82) is 0 Å². The number of hydrogen-bond donors (Lipinski definition) is 1. The van der Waals surface area contributed by atoms with Gasteiger partial charge in [-0.3, -0.25) is 0 Å². The van der Waals surface area contributed by atoms with Crippen LogP contribution in [0.25, 0.3) is 0 Å². The lowest BCUT2D eigenvalue weighted by Crippen LogP contribution is -2.33. The Kier molecular flexibility index (Phi) is 5.03. The summed E-state index contributed by atoms with van der Waals surface area (Å²) in [6.07, 6.45) is 2.78. The molecule has 0 aliphatic heterocycles. The minimum absolute atomic E-state index is 0.00746. The van der Waals surface area contributed by atoms with Crippen molar-refractivity contribution < 1.29 is 4.74 Å². The van der Waals surface area contributed by atoms with Gasteiger partial charge in [0.2, 0.25) is 0 Å². The molecule has 0 aromatic heterocycles. The lowest BCUT2D eigenvalue weighted by molar-refractivity contribution is -0.000853. The number of nitrogens with one attached hydrogen (secondary N) is 1. The van der Waals surface area contributed by atoms with Crippen LogP contribution in [0.15, 0.2) is 0 Å². The molecule has 0 bridgehead atoms. The summed E-state index contributed by atoms with van der Waals surface area (Å²) in [7, 11) is 2.21. The Morgan fingerprint density at radius 1 is 1.27 bits per heavy atom. The van der Waals surface area contributed by atoms with Crippen molar-refractivity contribution in [2.75, 3.05) is 33.3 Å². The predicted molar refractivity (Wildman–Crippen MR) is 64.2 cm³/mol. The van der Waals surface area contributed by atoms with Crippen LogP contribution in [0.2, 0.25) is 0 Å². The first-order valence-electron chi connectivity index (χ1n) is 6.04. The normalized spacial score (nSPS) is 17.4. The molecule has 90 valence electrons. The van der Waals surface area contributed by atoms with Gasteiger partial charge in [0.05, 0.1) is 12.2 Å². The smallest absolute Gasteiger partial charge is 0.0599 e. The molecule has 1 N–H and O–H groups in total. The topological polar surface area (TPSA) is 24.5 Å². The number of nitrogens with zero attached hydrogens (tertiary/aromatic N) is 1. The van der Waals surface area contributed by atoms with Crippen molar-refractivity contribution in [3.05, 3.63) is 0 Å². The molecule has 1 fully saturated rings. The molecular formula is C12H26N2O. The van der Waals surface area contributed by atoms with Gasteiger partial charge in [0.15, 0.2) is 0 Å². The molecule has 0 spiro atoms. The van der Waals surface area contributed by atoms with Gasteiger partial charge in [-0.25, -0.2) is 0 Å². The Labute approximate surface area is 94.2 Å². The molecule has 0 saturated heterocycles. The van der Waals surface area contributed by atoms with Crippen molar-refractivity contribution in [3.8, 4) is 0 Å². The Morgan fingerprint density at radius 2 is 1.93 bits per heavy atom. The molecule has 0 atom stereocenters. The lowest BCUT2D eigenvalue weighted by atomic mass is 10.2. The first-order chi connectivity index (χ1) is 6.99. The van der Waals surface area contributed by atoms with Crippen LogP contribution < -0.4 is 5.32 Å². The van der Waals surface area contributed by atoms with Crippen molar-refractivity contribution >= 4 is 0 Å². The maximum Gasteiger partial charge on any atom is 0.0599 e. The Balaban J connectivity index is 1.84. The molecule has 0 unspecified atom stereocenters. The molecule has 3 nitrogen and oxygen atoms in total. The fraction of sp³-hybridized carbons (Fsp3) is 1.00. The van der Waals surface area contributed by atoms with Gasteiger partial charge in [-0.15, -0.1) is 0 Å². The van der Waals surface area contributed by atoms with Crippen LogP contribution in [0.3, 0.4) is 0 Å². The van der Waals surface area contributed by atoms with Gasteiger partial charge in [-0.05, 0) is 40.7 Å². The molecule has 1 aliphatic carbocycles. The summed E-state index contributed by atoms with van der Waals surface area (Å²) in [5, 5.41) is 3.40. The highest BCUT2D eigenvalue weighted by atomic mass is 16.5. The predicted octanol–water partition coefficient (Wildman–Crippen LogP) is 1.49. The minimum Gasteiger partial charge on any atom is -0.375 e. The summed E-state index contributed by atoms with van der Waals surface area (Å²) >= 11 is 0. The van der Waals surface area contributed by atoms with Crippen LogP contribution >= 0.6 is 0 Å². The van der Waals surface area contributed by atoms with E-state index in [-0.39, 0.29) is 5.60 Å². The number of hydrogen-bond acceptors (Lipinski definition) is 3. The lowest BCUT2D eigenvalue weighted by Gasteiger charge is -2.20. The summed E-state index contributed by atoms with van der Waals surface area (Å²) < 4.78 is 5.62. The van der Waals surface area contributed by atoms with Crippen LogP contribution in [-0.2, 0) is 4.74 Å². The second-order valence-electron chi connectivity index (χ2n) is 5.42. The second-order valence-corrected chi connectivity index (χ2v) is 5.42. The zero-order chi connectivity index (χ0) is 11.3. The van der Waals surface area contributed by atoms with E-state index >= 15 is 0 Å². The number of rotatable bonds is 7. The van der Waals surface area contributed by atoms with Crippen molar-refractivity contribution in [1.82, 2.24) is 10.2 Å². The molecule has 1 saturated carbocycles. The van der Waals surface area contributed by atoms with Gasteiger partial charge in [0.25, 0.3) is 0 Å². The third kappa shape index (κ3) is 6.88. The number of ether oxygens (including phenoxy) is 1. The third-order valence-corrected chi connectivity index (χ3v) is 2.63. The highest BCUT2D eigenvalue weighted by molar-refractivity contribution is 4.82. The standard InChI is InChI=1S/C12H26N2O/c1-12(2,3)15-10-8-13-7-9-14(4)11-5-6-11/h11,13H,5-10H2,1-4H3. The minimum atomic E-state index is -0.00746. The van der Waals surface area contributed by atoms with E-state index in [0.29, 0.717) is 0 Å². The molecule has 0 aromatic carbocycles. The average molecular weight is 214 g/mol. The largest absolute Gasteiger partial charge is 0.375 e. The first kappa shape index (κ1) is 12.9. The van der Waals surface area contributed by atoms with Crippen LogP contribution in [-0.4, -0.2) is 49.8 Å². The Hall–Kier alpha value is -0.120. The quantitative estimate of drug-likeness (QED) is 0.650. The van der Waals surface area contributed by atoms with Crippen molar-refractivity contribution in [2.45, 2.75) is 45.3 Å². The monoisotopic (exact) mass is 214 g/mol. The Morgan fingerprint density at radius 3 is 2.47 bits per heavy atom. The molecular weight excluding hydrogens is 188 g/mol. The van der Waals surface area contributed by atoms with Gasteiger partial charge in [0, 0.05) is 25.7 Å². The summed E-state index contributed by atoms with van der Waals surface area (Å²) in [4.78, 5) is 2.44. The van der Waals surface area contributed by atoms with Gasteiger partial charge >= 0.3 is 0 Å². The van der Waals surface area contributed by atoms with Gasteiger partial charge in [-0.2, -0.15) is 0 Å². The van der Waals surface area contributed by atoms with E-state index in [4.69, 9.17) is 4.74 Å². The molecule has 0 heterocycles. The van der Waals surface area contributed by atoms with Crippen molar-refractivity contribution in [2.24, 2.45) is 0 Å². The van der Waals surface area contributed by atoms with Gasteiger partial charge in [-0.1, -0.05) is 0 Å². The van der Waals surface area contributed by atoms with Crippen LogP contribution in [0.4, 0.5) is 0 Å². The molecule has 0 amide bonds. The zero-order valence-electron chi connectivity index (χ0n) is 10.7. The highest BCUT2D eigenvalue weighted by Gasteiger charge is 2.25. The fourth-order valence-electron chi connectivity index (χ4n) is 1.51. The second kappa shape index (κ2) is 5.83. The van der Waals surface area contributed by atoms with E-state index in [2.05, 4.69) is 38.0 Å². The molecule has 3 heteroatoms. The summed E-state index contributed by atoms with van der Waals surface area (Å²) in [5.41, 5.74) is -0.00746. The van der Waals surface area contributed by atoms with Crippen molar-refractivity contribution in [3.63, 3.8) is 0 Å². The SMILES string of the molecule is CN(CCNCCOC(C)(C)C)C1CC1. The fourth-order valence-corrected chi connectivity index (χ4v) is 1.51. The molecule has 0 radical (unpaired) electrons. The molecule has 1 rings (SSSR count). The Bertz CT molecular complexity index is 173. The van der Waals surface area contributed by atoms with E-state index in [1.807, 2.05) is 0 Å².